The topological polar surface area (TPSA) is 133 Å². The van der Waals surface area contributed by atoms with Gasteiger partial charge in [-0.15, -0.1) is 0 Å². The number of pyridine rings is 1. The maximum absolute atomic E-state index is 12.1. The number of ether oxygens (including phenoxy) is 1. The maximum atomic E-state index is 12.1. The van der Waals surface area contributed by atoms with Crippen LogP contribution in [-0.4, -0.2) is 35.2 Å². The lowest BCUT2D eigenvalue weighted by Gasteiger charge is -2.17. The standard InChI is InChI=1S/C17H21N5O3/c1-2-25-16(19)12-9-20-15(8-13(12)18)22-17(24)21-14(10-23)11-6-4-3-5-7-11/h3-9,14,19,23H,2,10H2,1H3,(H4,18,20,21,22,24)/t14-/m1/s1. The highest BCUT2D eigenvalue weighted by Gasteiger charge is 2.15. The van der Waals surface area contributed by atoms with E-state index in [0.717, 1.165) is 5.56 Å². The summed E-state index contributed by atoms with van der Waals surface area (Å²) in [6, 6.07) is 9.51. The van der Waals surface area contributed by atoms with Crippen LogP contribution < -0.4 is 16.4 Å². The maximum Gasteiger partial charge on any atom is 0.320 e. The molecule has 2 aromatic rings. The highest BCUT2D eigenvalue weighted by molar-refractivity contribution is 5.97. The number of benzene rings is 1. The number of urea groups is 1. The van der Waals surface area contributed by atoms with Crippen molar-refractivity contribution < 1.29 is 14.6 Å². The first kappa shape index (κ1) is 18.2. The van der Waals surface area contributed by atoms with Gasteiger partial charge in [0.15, 0.2) is 0 Å². The van der Waals surface area contributed by atoms with Gasteiger partial charge in [-0.05, 0) is 12.5 Å². The number of aromatic nitrogens is 1. The van der Waals surface area contributed by atoms with Gasteiger partial charge >= 0.3 is 6.03 Å². The van der Waals surface area contributed by atoms with Crippen LogP contribution in [0.3, 0.4) is 0 Å². The fraction of sp³-hybridized carbons (Fsp3) is 0.235. The van der Waals surface area contributed by atoms with Crippen LogP contribution in [0, 0.1) is 5.41 Å². The second kappa shape index (κ2) is 8.65. The third kappa shape index (κ3) is 4.92. The minimum absolute atomic E-state index is 0.0760. The molecule has 0 aliphatic rings. The minimum Gasteiger partial charge on any atom is -0.478 e. The van der Waals surface area contributed by atoms with Crippen LogP contribution in [0.5, 0.6) is 0 Å². The van der Waals surface area contributed by atoms with Crippen molar-refractivity contribution in [2.24, 2.45) is 0 Å². The van der Waals surface area contributed by atoms with Crippen molar-refractivity contribution in [3.05, 3.63) is 53.7 Å². The number of amides is 2. The van der Waals surface area contributed by atoms with Crippen molar-refractivity contribution >= 4 is 23.4 Å². The Morgan fingerprint density at radius 1 is 1.40 bits per heavy atom. The van der Waals surface area contributed by atoms with Gasteiger partial charge in [-0.25, -0.2) is 9.78 Å². The van der Waals surface area contributed by atoms with Crippen molar-refractivity contribution in [3.8, 4) is 0 Å². The molecular formula is C17H21N5O3. The summed E-state index contributed by atoms with van der Waals surface area (Å²) >= 11 is 0. The molecule has 2 amide bonds. The Kier molecular flexibility index (Phi) is 6.30. The number of carbonyl (C=O) groups is 1. The number of nitrogen functional groups attached to an aromatic ring is 1. The van der Waals surface area contributed by atoms with E-state index in [1.54, 1.807) is 6.92 Å². The van der Waals surface area contributed by atoms with E-state index >= 15 is 0 Å². The van der Waals surface area contributed by atoms with Crippen molar-refractivity contribution in [2.75, 3.05) is 24.3 Å². The van der Waals surface area contributed by atoms with Gasteiger partial charge in [0, 0.05) is 18.0 Å². The molecule has 1 heterocycles. The van der Waals surface area contributed by atoms with Gasteiger partial charge in [-0.1, -0.05) is 30.3 Å². The molecule has 8 heteroatoms. The number of hydrogen-bond acceptors (Lipinski definition) is 6. The SMILES string of the molecule is CCOC(=N)c1cnc(NC(=O)N[C@H](CO)c2ccccc2)cc1N. The van der Waals surface area contributed by atoms with E-state index in [1.165, 1.54) is 12.3 Å². The van der Waals surface area contributed by atoms with Crippen LogP contribution in [0.2, 0.25) is 0 Å². The van der Waals surface area contributed by atoms with Gasteiger partial charge in [-0.2, -0.15) is 0 Å². The summed E-state index contributed by atoms with van der Waals surface area (Å²) in [7, 11) is 0. The summed E-state index contributed by atoms with van der Waals surface area (Å²) in [5.41, 5.74) is 7.28. The summed E-state index contributed by atoms with van der Waals surface area (Å²) in [5.74, 6) is 0.153. The van der Waals surface area contributed by atoms with Crippen molar-refractivity contribution in [2.45, 2.75) is 13.0 Å². The number of nitrogens with one attached hydrogen (secondary N) is 3. The molecule has 0 saturated heterocycles. The predicted octanol–water partition coefficient (Wildman–Crippen LogP) is 1.88. The number of anilines is 2. The highest BCUT2D eigenvalue weighted by Crippen LogP contribution is 2.17. The average molecular weight is 343 g/mol. The number of rotatable bonds is 6. The van der Waals surface area contributed by atoms with Crippen LogP contribution >= 0.6 is 0 Å². The van der Waals surface area contributed by atoms with E-state index in [1.807, 2.05) is 30.3 Å². The molecule has 0 fully saturated rings. The zero-order valence-corrected chi connectivity index (χ0v) is 13.8. The summed E-state index contributed by atoms with van der Waals surface area (Å²) in [4.78, 5) is 16.2. The Balaban J connectivity index is 2.02. The molecule has 0 spiro atoms. The van der Waals surface area contributed by atoms with Gasteiger partial charge in [0.1, 0.15) is 5.82 Å². The Morgan fingerprint density at radius 3 is 2.72 bits per heavy atom. The third-order valence-corrected chi connectivity index (χ3v) is 3.40. The molecule has 0 aliphatic carbocycles. The first-order valence-corrected chi connectivity index (χ1v) is 7.75. The number of hydrogen-bond donors (Lipinski definition) is 5. The monoisotopic (exact) mass is 343 g/mol. The van der Waals surface area contributed by atoms with E-state index in [9.17, 15) is 9.90 Å². The molecule has 1 aromatic heterocycles. The Labute approximate surface area is 145 Å². The smallest absolute Gasteiger partial charge is 0.320 e. The molecule has 0 bridgehead atoms. The van der Waals surface area contributed by atoms with Crippen molar-refractivity contribution in [1.29, 1.82) is 5.41 Å². The zero-order valence-electron chi connectivity index (χ0n) is 13.8. The van der Waals surface area contributed by atoms with Gasteiger partial charge in [0.2, 0.25) is 5.90 Å². The van der Waals surface area contributed by atoms with E-state index < -0.39 is 12.1 Å². The molecule has 2 rings (SSSR count). The lowest BCUT2D eigenvalue weighted by atomic mass is 10.1. The summed E-state index contributed by atoms with van der Waals surface area (Å²) in [5, 5.41) is 22.4. The van der Waals surface area contributed by atoms with Gasteiger partial charge in [-0.3, -0.25) is 10.7 Å². The summed E-state index contributed by atoms with van der Waals surface area (Å²) < 4.78 is 5.08. The predicted molar refractivity (Wildman–Crippen MR) is 95.5 cm³/mol. The largest absolute Gasteiger partial charge is 0.478 e. The Morgan fingerprint density at radius 2 is 2.12 bits per heavy atom. The lowest BCUT2D eigenvalue weighted by Crippen LogP contribution is -2.34. The quantitative estimate of drug-likeness (QED) is 0.403. The molecular weight excluding hydrogens is 322 g/mol. The molecule has 6 N–H and O–H groups in total. The third-order valence-electron chi connectivity index (χ3n) is 3.40. The van der Waals surface area contributed by atoms with E-state index in [0.29, 0.717) is 12.2 Å². The first-order chi connectivity index (χ1) is 12.0. The van der Waals surface area contributed by atoms with Crippen molar-refractivity contribution in [1.82, 2.24) is 10.3 Å². The van der Waals surface area contributed by atoms with Crippen molar-refractivity contribution in [3.63, 3.8) is 0 Å². The number of aliphatic hydroxyl groups is 1. The molecule has 0 radical (unpaired) electrons. The van der Waals surface area contributed by atoms with E-state index in [-0.39, 0.29) is 24.0 Å². The second-order valence-electron chi connectivity index (χ2n) is 5.16. The first-order valence-electron chi connectivity index (χ1n) is 7.75. The van der Waals surface area contributed by atoms with Gasteiger partial charge in [0.05, 0.1) is 24.8 Å². The molecule has 25 heavy (non-hydrogen) atoms. The molecule has 1 atom stereocenters. The van der Waals surface area contributed by atoms with E-state index in [4.69, 9.17) is 15.9 Å². The van der Waals surface area contributed by atoms with Gasteiger partial charge in [0.25, 0.3) is 0 Å². The van der Waals surface area contributed by atoms with Crippen LogP contribution in [0.25, 0.3) is 0 Å². The molecule has 0 aliphatic heterocycles. The lowest BCUT2D eigenvalue weighted by molar-refractivity contribution is 0.225. The molecule has 1 aromatic carbocycles. The van der Waals surface area contributed by atoms with Crippen LogP contribution in [0.1, 0.15) is 24.1 Å². The minimum atomic E-state index is -0.538. The van der Waals surface area contributed by atoms with Crippen LogP contribution in [0.15, 0.2) is 42.6 Å². The molecule has 0 unspecified atom stereocenters. The average Bonchev–Trinajstić information content (AvgIpc) is 2.60. The normalized spacial score (nSPS) is 11.4. The highest BCUT2D eigenvalue weighted by atomic mass is 16.5. The summed E-state index contributed by atoms with van der Waals surface area (Å²) in [6.07, 6.45) is 1.36. The Bertz CT molecular complexity index is 736. The number of aliphatic hydroxyl groups excluding tert-OH is 1. The second-order valence-corrected chi connectivity index (χ2v) is 5.16. The zero-order chi connectivity index (χ0) is 18.2. The fourth-order valence-corrected chi connectivity index (χ4v) is 2.18. The number of nitrogens with two attached hydrogens (primary N) is 1. The number of nitrogens with zero attached hydrogens (tertiary/aromatic N) is 1. The van der Waals surface area contributed by atoms with E-state index in [2.05, 4.69) is 15.6 Å². The van der Waals surface area contributed by atoms with Crippen LogP contribution in [-0.2, 0) is 4.74 Å². The molecule has 132 valence electrons. The molecule has 8 nitrogen and oxygen atoms in total. The van der Waals surface area contributed by atoms with Gasteiger partial charge < -0.3 is 20.9 Å². The summed E-state index contributed by atoms with van der Waals surface area (Å²) in [6.45, 7) is 1.88. The fourth-order valence-electron chi connectivity index (χ4n) is 2.18. The Hall–Kier alpha value is -3.13. The molecule has 0 saturated carbocycles. The number of carbonyl (C=O) groups excluding carboxylic acids is 1. The van der Waals surface area contributed by atoms with Crippen LogP contribution in [0.4, 0.5) is 16.3 Å².